The minimum absolute atomic E-state index is 0.650. The van der Waals surface area contributed by atoms with Crippen LogP contribution in [0.5, 0.6) is 0 Å². The van der Waals surface area contributed by atoms with Gasteiger partial charge < -0.3 is 4.57 Å². The van der Waals surface area contributed by atoms with Crippen molar-refractivity contribution in [2.75, 3.05) is 0 Å². The molecule has 0 fully saturated rings. The number of fused-ring (bicyclic) bond motifs is 5. The molecule has 0 spiro atoms. The van der Waals surface area contributed by atoms with E-state index in [9.17, 15) is 5.26 Å². The van der Waals surface area contributed by atoms with Gasteiger partial charge in [-0.05, 0) is 103 Å². The smallest absolute Gasteiger partial charge is 0.0998 e. The van der Waals surface area contributed by atoms with Crippen LogP contribution in [0.15, 0.2) is 194 Å². The molecule has 10 rings (SSSR count). The van der Waals surface area contributed by atoms with Crippen LogP contribution in [0.4, 0.5) is 0 Å². The molecule has 0 unspecified atom stereocenters. The fourth-order valence-electron chi connectivity index (χ4n) is 8.28. The van der Waals surface area contributed by atoms with Gasteiger partial charge in [0.05, 0.1) is 22.7 Å². The van der Waals surface area contributed by atoms with Crippen LogP contribution in [0, 0.1) is 11.3 Å². The third kappa shape index (κ3) is 5.02. The van der Waals surface area contributed by atoms with Gasteiger partial charge in [0, 0.05) is 22.0 Å². The monoisotopic (exact) mass is 672 g/mol. The molecule has 0 N–H and O–H groups in total. The molecule has 10 aromatic rings. The number of hydrogen-bond donors (Lipinski definition) is 0. The fourth-order valence-corrected chi connectivity index (χ4v) is 8.28. The van der Waals surface area contributed by atoms with Gasteiger partial charge in [-0.2, -0.15) is 5.26 Å². The lowest BCUT2D eigenvalue weighted by molar-refractivity contribution is 1.18. The van der Waals surface area contributed by atoms with Crippen LogP contribution in [0.1, 0.15) is 5.56 Å². The summed E-state index contributed by atoms with van der Waals surface area (Å²) in [5.41, 5.74) is 13.0. The molecule has 2 heteroatoms. The second-order valence-corrected chi connectivity index (χ2v) is 13.6. The third-order valence-electron chi connectivity index (χ3n) is 10.6. The summed E-state index contributed by atoms with van der Waals surface area (Å²) in [4.78, 5) is 0. The predicted molar refractivity (Wildman–Crippen MR) is 222 cm³/mol. The zero-order valence-corrected chi connectivity index (χ0v) is 28.9. The van der Waals surface area contributed by atoms with E-state index in [1.54, 1.807) is 0 Å². The van der Waals surface area contributed by atoms with Crippen LogP contribution in [0.25, 0.3) is 93.5 Å². The number of benzene rings is 9. The summed E-state index contributed by atoms with van der Waals surface area (Å²) in [5, 5.41) is 17.7. The van der Waals surface area contributed by atoms with Crippen LogP contribution < -0.4 is 0 Å². The van der Waals surface area contributed by atoms with Gasteiger partial charge in [-0.1, -0.05) is 152 Å². The first-order valence-corrected chi connectivity index (χ1v) is 18.0. The van der Waals surface area contributed by atoms with Gasteiger partial charge in [-0.3, -0.25) is 0 Å². The zero-order chi connectivity index (χ0) is 35.3. The van der Waals surface area contributed by atoms with Crippen molar-refractivity contribution < 1.29 is 0 Å². The van der Waals surface area contributed by atoms with E-state index in [1.807, 2.05) is 6.07 Å². The van der Waals surface area contributed by atoms with Crippen molar-refractivity contribution in [1.29, 1.82) is 5.26 Å². The SMILES string of the molecule is N#Cc1ccc(-n2c3ccccc3c3ccccc32)cc1-c1cccc(-c2cccc(-c3c4ccccc4c(-c4ccccc4)c4ccccc34)c2)c1. The van der Waals surface area contributed by atoms with E-state index in [1.165, 1.54) is 54.6 Å². The lowest BCUT2D eigenvalue weighted by Crippen LogP contribution is -1.96. The largest absolute Gasteiger partial charge is 0.309 e. The van der Waals surface area contributed by atoms with Crippen molar-refractivity contribution in [2.45, 2.75) is 0 Å². The van der Waals surface area contributed by atoms with Gasteiger partial charge in [0.25, 0.3) is 0 Å². The highest BCUT2D eigenvalue weighted by Crippen LogP contribution is 2.44. The molecule has 2 nitrogen and oxygen atoms in total. The maximum Gasteiger partial charge on any atom is 0.0998 e. The van der Waals surface area contributed by atoms with Crippen LogP contribution in [-0.2, 0) is 0 Å². The molecule has 0 radical (unpaired) electrons. The Bertz CT molecular complexity index is 2960. The first kappa shape index (κ1) is 30.6. The van der Waals surface area contributed by atoms with Gasteiger partial charge >= 0.3 is 0 Å². The topological polar surface area (TPSA) is 28.7 Å². The van der Waals surface area contributed by atoms with E-state index in [0.29, 0.717) is 5.56 Å². The molecule has 9 aromatic carbocycles. The molecular weight excluding hydrogens is 641 g/mol. The van der Waals surface area contributed by atoms with Crippen molar-refractivity contribution >= 4 is 43.4 Å². The maximum atomic E-state index is 10.3. The molecule has 246 valence electrons. The number of aromatic nitrogens is 1. The summed E-state index contributed by atoms with van der Waals surface area (Å²) >= 11 is 0. The Hall–Kier alpha value is -7.21. The number of nitrogens with zero attached hydrogens (tertiary/aromatic N) is 2. The highest BCUT2D eigenvalue weighted by atomic mass is 15.0. The normalized spacial score (nSPS) is 11.4. The van der Waals surface area contributed by atoms with E-state index < -0.39 is 0 Å². The van der Waals surface area contributed by atoms with Crippen molar-refractivity contribution in [3.8, 4) is 56.3 Å². The Kier molecular flexibility index (Phi) is 7.23. The van der Waals surface area contributed by atoms with Crippen LogP contribution >= 0.6 is 0 Å². The third-order valence-corrected chi connectivity index (χ3v) is 10.6. The molecule has 0 saturated heterocycles. The first-order valence-electron chi connectivity index (χ1n) is 18.0. The summed E-state index contributed by atoms with van der Waals surface area (Å²) in [7, 11) is 0. The second kappa shape index (κ2) is 12.5. The van der Waals surface area contributed by atoms with Gasteiger partial charge in [-0.25, -0.2) is 0 Å². The average Bonchev–Trinajstić information content (AvgIpc) is 3.57. The zero-order valence-electron chi connectivity index (χ0n) is 28.9. The van der Waals surface area contributed by atoms with Gasteiger partial charge in [-0.15, -0.1) is 0 Å². The number of nitriles is 1. The second-order valence-electron chi connectivity index (χ2n) is 13.6. The van der Waals surface area contributed by atoms with Crippen LogP contribution in [0.3, 0.4) is 0 Å². The molecule has 0 saturated carbocycles. The molecule has 0 aliphatic carbocycles. The van der Waals surface area contributed by atoms with Crippen molar-refractivity contribution in [3.05, 3.63) is 200 Å². The van der Waals surface area contributed by atoms with E-state index >= 15 is 0 Å². The Morgan fingerprint density at radius 1 is 0.340 bits per heavy atom. The molecule has 0 atom stereocenters. The lowest BCUT2D eigenvalue weighted by atomic mass is 9.85. The van der Waals surface area contributed by atoms with Crippen molar-refractivity contribution in [2.24, 2.45) is 0 Å². The quantitative estimate of drug-likeness (QED) is 0.167. The summed E-state index contributed by atoms with van der Waals surface area (Å²) in [6, 6.07) is 71.5. The maximum absolute atomic E-state index is 10.3. The van der Waals surface area contributed by atoms with E-state index in [4.69, 9.17) is 0 Å². The lowest BCUT2D eigenvalue weighted by Gasteiger charge is -2.18. The Labute approximate surface area is 308 Å². The van der Waals surface area contributed by atoms with E-state index in [2.05, 4.69) is 199 Å². The molecule has 0 aliphatic heterocycles. The molecule has 53 heavy (non-hydrogen) atoms. The predicted octanol–water partition coefficient (Wildman–Crippen LogP) is 13.6. The van der Waals surface area contributed by atoms with Gasteiger partial charge in [0.1, 0.15) is 0 Å². The number of rotatable bonds is 5. The molecule has 1 aromatic heterocycles. The average molecular weight is 673 g/mol. The summed E-state index contributed by atoms with van der Waals surface area (Å²) < 4.78 is 2.31. The summed E-state index contributed by atoms with van der Waals surface area (Å²) in [6.07, 6.45) is 0. The van der Waals surface area contributed by atoms with Crippen LogP contribution in [0.2, 0.25) is 0 Å². The molecule has 0 bridgehead atoms. The molecular formula is C51H32N2. The standard InChI is InChI=1S/C51H32N2/c52-33-39-28-29-40(53-48-26-10-8-20-41(48)42-21-9-11-27-49(42)53)32-47(39)37-18-12-16-35(30-37)36-17-13-19-38(31-36)51-45-24-6-4-22-43(45)50(34-14-2-1-3-15-34)44-23-5-7-25-46(44)51/h1-32H. The van der Waals surface area contributed by atoms with Crippen molar-refractivity contribution in [3.63, 3.8) is 0 Å². The fraction of sp³-hybridized carbons (Fsp3) is 0. The molecule has 0 amide bonds. The summed E-state index contributed by atoms with van der Waals surface area (Å²) in [5.74, 6) is 0. The van der Waals surface area contributed by atoms with E-state index in [0.717, 1.165) is 39.0 Å². The number of hydrogen-bond acceptors (Lipinski definition) is 1. The van der Waals surface area contributed by atoms with Crippen LogP contribution in [-0.4, -0.2) is 4.57 Å². The number of para-hydroxylation sites is 2. The minimum Gasteiger partial charge on any atom is -0.309 e. The molecule has 1 heterocycles. The first-order chi connectivity index (χ1) is 26.3. The highest BCUT2D eigenvalue weighted by molar-refractivity contribution is 6.21. The Morgan fingerprint density at radius 3 is 1.34 bits per heavy atom. The Morgan fingerprint density at radius 2 is 0.774 bits per heavy atom. The Balaban J connectivity index is 1.12. The molecule has 0 aliphatic rings. The highest BCUT2D eigenvalue weighted by Gasteiger charge is 2.18. The minimum atomic E-state index is 0.650. The van der Waals surface area contributed by atoms with E-state index in [-0.39, 0.29) is 0 Å². The summed E-state index contributed by atoms with van der Waals surface area (Å²) in [6.45, 7) is 0. The van der Waals surface area contributed by atoms with Gasteiger partial charge in [0.15, 0.2) is 0 Å². The van der Waals surface area contributed by atoms with Crippen molar-refractivity contribution in [1.82, 2.24) is 4.57 Å². The van der Waals surface area contributed by atoms with Gasteiger partial charge in [0.2, 0.25) is 0 Å².